The summed E-state index contributed by atoms with van der Waals surface area (Å²) in [7, 11) is 0. The molecule has 0 aliphatic rings. The van der Waals surface area contributed by atoms with E-state index in [2.05, 4.69) is 243 Å². The van der Waals surface area contributed by atoms with Crippen LogP contribution in [-0.2, 0) is 0 Å². The van der Waals surface area contributed by atoms with Gasteiger partial charge in [-0.05, 0) is 139 Å². The zero-order valence-corrected chi connectivity index (χ0v) is 34.1. The van der Waals surface area contributed by atoms with Crippen molar-refractivity contribution in [2.45, 2.75) is 0 Å². The van der Waals surface area contributed by atoms with Crippen LogP contribution in [-0.4, -0.2) is 0 Å². The van der Waals surface area contributed by atoms with Crippen molar-refractivity contribution in [3.8, 4) is 66.8 Å². The van der Waals surface area contributed by atoms with Gasteiger partial charge in [-0.3, -0.25) is 0 Å². The molecule has 0 aromatic heterocycles. The van der Waals surface area contributed by atoms with Crippen LogP contribution >= 0.6 is 0 Å². The van der Waals surface area contributed by atoms with Crippen LogP contribution in [0, 0.1) is 0 Å². The second-order valence-electron chi connectivity index (χ2n) is 16.3. The average molecular weight is 785 g/mol. The van der Waals surface area contributed by atoms with Gasteiger partial charge in [-0.25, -0.2) is 0 Å². The average Bonchev–Trinajstić information content (AvgIpc) is 3.35. The zero-order chi connectivity index (χ0) is 41.0. The topological polar surface area (TPSA) is 0 Å². The molecule has 62 heavy (non-hydrogen) atoms. The normalized spacial score (nSPS) is 11.5. The SMILES string of the molecule is c1ccc(-c2cccc(-c3c4ccccc4c(-c4ccc5cc(-c6ccc(-c7c8ccccc8c(-c8ccccc8)c8ccccc78)cc6)ccc5c4)c4ccccc34)c2)cc1. The van der Waals surface area contributed by atoms with E-state index >= 15 is 0 Å². The maximum absolute atomic E-state index is 2.38. The highest BCUT2D eigenvalue weighted by Gasteiger charge is 2.19. The summed E-state index contributed by atoms with van der Waals surface area (Å²) >= 11 is 0. The Balaban J connectivity index is 0.934. The maximum Gasteiger partial charge on any atom is -0.00262 e. The first-order valence-corrected chi connectivity index (χ1v) is 21.5. The van der Waals surface area contributed by atoms with Gasteiger partial charge >= 0.3 is 0 Å². The molecule has 0 N–H and O–H groups in total. The van der Waals surface area contributed by atoms with E-state index in [9.17, 15) is 0 Å². The highest BCUT2D eigenvalue weighted by Crippen LogP contribution is 2.46. The molecule has 0 bridgehead atoms. The molecular formula is C62H40. The fraction of sp³-hybridized carbons (Fsp3) is 0. The summed E-state index contributed by atoms with van der Waals surface area (Å²) in [6, 6.07) is 89.2. The van der Waals surface area contributed by atoms with E-state index < -0.39 is 0 Å². The molecule has 0 atom stereocenters. The number of benzene rings is 12. The third-order valence-electron chi connectivity index (χ3n) is 12.8. The number of fused-ring (bicyclic) bond motifs is 5. The predicted octanol–water partition coefficient (Wildman–Crippen LogP) is 17.5. The maximum atomic E-state index is 2.38. The van der Waals surface area contributed by atoms with Crippen molar-refractivity contribution >= 4 is 53.9 Å². The van der Waals surface area contributed by atoms with Gasteiger partial charge in [-0.15, -0.1) is 0 Å². The van der Waals surface area contributed by atoms with Crippen LogP contribution in [0.4, 0.5) is 0 Å². The van der Waals surface area contributed by atoms with Gasteiger partial charge in [-0.2, -0.15) is 0 Å². The first kappa shape index (κ1) is 35.8. The summed E-state index contributed by atoms with van der Waals surface area (Å²) in [4.78, 5) is 0. The molecule has 0 spiro atoms. The molecule has 12 aromatic carbocycles. The third-order valence-corrected chi connectivity index (χ3v) is 12.8. The summed E-state index contributed by atoms with van der Waals surface area (Å²) in [5, 5.41) is 12.6. The molecule has 0 heteroatoms. The molecule has 12 aromatic rings. The quantitative estimate of drug-likeness (QED) is 0.147. The second kappa shape index (κ2) is 14.9. The Bertz CT molecular complexity index is 3540. The van der Waals surface area contributed by atoms with Crippen LogP contribution in [0.5, 0.6) is 0 Å². The smallest absolute Gasteiger partial charge is 0.00262 e. The van der Waals surface area contributed by atoms with Crippen LogP contribution in [0.1, 0.15) is 0 Å². The Kier molecular flexibility index (Phi) is 8.61. The molecule has 0 amide bonds. The van der Waals surface area contributed by atoms with E-state index in [1.807, 2.05) is 0 Å². The molecule has 0 unspecified atom stereocenters. The Morgan fingerprint density at radius 2 is 0.403 bits per heavy atom. The van der Waals surface area contributed by atoms with Crippen LogP contribution in [0.25, 0.3) is 121 Å². The van der Waals surface area contributed by atoms with E-state index in [0.29, 0.717) is 0 Å². The minimum absolute atomic E-state index is 1.21. The summed E-state index contributed by atoms with van der Waals surface area (Å²) < 4.78 is 0. The predicted molar refractivity (Wildman–Crippen MR) is 267 cm³/mol. The monoisotopic (exact) mass is 784 g/mol. The van der Waals surface area contributed by atoms with Gasteiger partial charge in [0.15, 0.2) is 0 Å². The van der Waals surface area contributed by atoms with Gasteiger partial charge in [0.1, 0.15) is 0 Å². The molecule has 12 rings (SSSR count). The standard InChI is InChI=1S/C62H40/c1-3-16-41(17-4-1)45-20-15-21-49(39-45)61-55-26-11-13-28-57(55)62(58-29-14-12-27-56(58)61)50-37-36-47-38-46(34-35-48(47)40-50)42-30-32-44(33-31-42)60-53-24-9-7-22-51(53)59(43-18-5-2-6-19-43)52-23-8-10-25-54(52)60/h1-40H. The van der Waals surface area contributed by atoms with Crippen molar-refractivity contribution in [2.75, 3.05) is 0 Å². The van der Waals surface area contributed by atoms with Gasteiger partial charge in [0.25, 0.3) is 0 Å². The van der Waals surface area contributed by atoms with Crippen molar-refractivity contribution in [1.29, 1.82) is 0 Å². The van der Waals surface area contributed by atoms with E-state index in [4.69, 9.17) is 0 Å². The van der Waals surface area contributed by atoms with Crippen molar-refractivity contribution < 1.29 is 0 Å². The van der Waals surface area contributed by atoms with Crippen molar-refractivity contribution in [3.05, 3.63) is 243 Å². The fourth-order valence-corrected chi connectivity index (χ4v) is 10.0. The highest BCUT2D eigenvalue weighted by atomic mass is 14.2. The Morgan fingerprint density at radius 3 is 0.871 bits per heavy atom. The van der Waals surface area contributed by atoms with Gasteiger partial charge in [-0.1, -0.05) is 224 Å². The van der Waals surface area contributed by atoms with Crippen LogP contribution in [0.3, 0.4) is 0 Å². The molecule has 0 nitrogen and oxygen atoms in total. The molecule has 0 fully saturated rings. The molecule has 0 saturated carbocycles. The highest BCUT2D eigenvalue weighted by molar-refractivity contribution is 6.23. The number of hydrogen-bond donors (Lipinski definition) is 0. The lowest BCUT2D eigenvalue weighted by Gasteiger charge is -2.18. The zero-order valence-electron chi connectivity index (χ0n) is 34.1. The lowest BCUT2D eigenvalue weighted by Crippen LogP contribution is -1.91. The largest absolute Gasteiger partial charge is 0.0622 e. The molecule has 0 saturated heterocycles. The molecular weight excluding hydrogens is 745 g/mol. The third kappa shape index (κ3) is 5.99. The van der Waals surface area contributed by atoms with Crippen molar-refractivity contribution in [2.24, 2.45) is 0 Å². The molecule has 0 aliphatic carbocycles. The Labute approximate surface area is 361 Å². The second-order valence-corrected chi connectivity index (χ2v) is 16.3. The lowest BCUT2D eigenvalue weighted by atomic mass is 9.85. The van der Waals surface area contributed by atoms with Gasteiger partial charge < -0.3 is 0 Å². The first-order chi connectivity index (χ1) is 30.8. The molecule has 0 aliphatic heterocycles. The van der Waals surface area contributed by atoms with Crippen LogP contribution in [0.15, 0.2) is 243 Å². The molecule has 0 radical (unpaired) electrons. The van der Waals surface area contributed by atoms with Crippen molar-refractivity contribution in [1.82, 2.24) is 0 Å². The Morgan fingerprint density at radius 1 is 0.145 bits per heavy atom. The Hall–Kier alpha value is -8.06. The van der Waals surface area contributed by atoms with Crippen LogP contribution < -0.4 is 0 Å². The van der Waals surface area contributed by atoms with E-state index in [1.165, 1.54) is 121 Å². The van der Waals surface area contributed by atoms with Gasteiger partial charge in [0.05, 0.1) is 0 Å². The van der Waals surface area contributed by atoms with Gasteiger partial charge in [0, 0.05) is 0 Å². The fourth-order valence-electron chi connectivity index (χ4n) is 10.0. The number of rotatable bonds is 6. The minimum Gasteiger partial charge on any atom is -0.0622 e. The van der Waals surface area contributed by atoms with Crippen molar-refractivity contribution in [3.63, 3.8) is 0 Å². The summed E-state index contributed by atoms with van der Waals surface area (Å²) in [6.45, 7) is 0. The number of hydrogen-bond acceptors (Lipinski definition) is 0. The lowest BCUT2D eigenvalue weighted by molar-refractivity contribution is 1.61. The molecule has 0 heterocycles. The minimum atomic E-state index is 1.21. The summed E-state index contributed by atoms with van der Waals surface area (Å²) in [5.74, 6) is 0. The summed E-state index contributed by atoms with van der Waals surface area (Å²) in [6.07, 6.45) is 0. The van der Waals surface area contributed by atoms with E-state index in [-0.39, 0.29) is 0 Å². The van der Waals surface area contributed by atoms with E-state index in [1.54, 1.807) is 0 Å². The van der Waals surface area contributed by atoms with E-state index in [0.717, 1.165) is 0 Å². The van der Waals surface area contributed by atoms with Crippen LogP contribution in [0.2, 0.25) is 0 Å². The summed E-state index contributed by atoms with van der Waals surface area (Å²) in [5.41, 5.74) is 14.9. The van der Waals surface area contributed by atoms with Gasteiger partial charge in [0.2, 0.25) is 0 Å². The molecule has 288 valence electrons. The first-order valence-electron chi connectivity index (χ1n) is 21.5.